The maximum Gasteiger partial charge on any atom is 0.305 e. The minimum Gasteiger partial charge on any atom is -0.481 e. The van der Waals surface area contributed by atoms with Crippen LogP contribution in [0.2, 0.25) is 0 Å². The van der Waals surface area contributed by atoms with Crippen LogP contribution in [0.5, 0.6) is 5.75 Å². The molecular weight excluding hydrogens is 356 g/mol. The number of carboxylic acid groups (broad SMARTS) is 1. The number of rotatable bonds is 7. The topological polar surface area (TPSA) is 89.0 Å². The van der Waals surface area contributed by atoms with E-state index >= 15 is 0 Å². The van der Waals surface area contributed by atoms with Gasteiger partial charge in [-0.2, -0.15) is 0 Å². The molecule has 1 N–H and O–H groups in total. The second kappa shape index (κ2) is 7.84. The average molecular weight is 376 g/mol. The third-order valence-corrected chi connectivity index (χ3v) is 4.99. The number of carbonyl (C=O) groups is 2. The van der Waals surface area contributed by atoms with Gasteiger partial charge in [0.25, 0.3) is 5.91 Å². The second-order valence-electron chi connectivity index (χ2n) is 5.95. The number of nitrogens with zero attached hydrogens (tertiary/aromatic N) is 2. The van der Waals surface area contributed by atoms with Crippen LogP contribution in [0, 0.1) is 0 Å². The molecule has 2 heterocycles. The van der Waals surface area contributed by atoms with Crippen molar-refractivity contribution in [1.29, 1.82) is 0 Å². The molecule has 0 aliphatic carbocycles. The molecule has 138 valence electrons. The van der Waals surface area contributed by atoms with E-state index in [0.717, 1.165) is 22.7 Å². The number of amides is 1. The van der Waals surface area contributed by atoms with Gasteiger partial charge in [-0.25, -0.2) is 4.98 Å². The summed E-state index contributed by atoms with van der Waals surface area (Å²) < 4.78 is 10.7. The van der Waals surface area contributed by atoms with Crippen LogP contribution in [0.3, 0.4) is 0 Å². The maximum atomic E-state index is 12.5. The molecule has 0 spiro atoms. The number of hydrogen-bond donors (Lipinski definition) is 1. The molecule has 3 rings (SSSR count). The minimum atomic E-state index is -0.947. The highest BCUT2D eigenvalue weighted by atomic mass is 32.1. The van der Waals surface area contributed by atoms with E-state index in [1.54, 1.807) is 31.4 Å². The largest absolute Gasteiger partial charge is 0.481 e. The molecule has 0 radical (unpaired) electrons. The van der Waals surface area contributed by atoms with Crippen LogP contribution in [-0.4, -0.2) is 48.3 Å². The number of aromatic nitrogens is 1. The van der Waals surface area contributed by atoms with Gasteiger partial charge in [-0.15, -0.1) is 11.3 Å². The van der Waals surface area contributed by atoms with Gasteiger partial charge < -0.3 is 19.5 Å². The molecule has 1 atom stereocenters. The summed E-state index contributed by atoms with van der Waals surface area (Å²) in [5.41, 5.74) is 2.25. The molecule has 1 aliphatic rings. The fraction of sp³-hybridized carbons (Fsp3) is 0.389. The van der Waals surface area contributed by atoms with Crippen molar-refractivity contribution in [3.63, 3.8) is 0 Å². The first-order valence-electron chi connectivity index (χ1n) is 8.27. The summed E-state index contributed by atoms with van der Waals surface area (Å²) in [4.78, 5) is 29.5. The van der Waals surface area contributed by atoms with Crippen LogP contribution in [0.15, 0.2) is 23.6 Å². The molecule has 0 bridgehead atoms. The van der Waals surface area contributed by atoms with Gasteiger partial charge in [0.15, 0.2) is 6.10 Å². The Labute approximate surface area is 155 Å². The summed E-state index contributed by atoms with van der Waals surface area (Å²) in [7, 11) is 1.65. The zero-order valence-corrected chi connectivity index (χ0v) is 15.4. The third kappa shape index (κ3) is 3.86. The summed E-state index contributed by atoms with van der Waals surface area (Å²) in [5.74, 6) is -0.618. The average Bonchev–Trinajstić information content (AvgIpc) is 3.09. The number of fused-ring (bicyclic) bond motifs is 1. The molecule has 1 aliphatic heterocycles. The molecule has 8 heteroatoms. The lowest BCUT2D eigenvalue weighted by atomic mass is 10.1. The second-order valence-corrected chi connectivity index (χ2v) is 6.89. The van der Waals surface area contributed by atoms with E-state index < -0.39 is 12.1 Å². The summed E-state index contributed by atoms with van der Waals surface area (Å²) in [6.45, 7) is 2.38. The predicted octanol–water partition coefficient (Wildman–Crippen LogP) is 2.59. The summed E-state index contributed by atoms with van der Waals surface area (Å²) in [6, 6.07) is 5.53. The third-order valence-electron chi connectivity index (χ3n) is 4.08. The van der Waals surface area contributed by atoms with Crippen molar-refractivity contribution in [2.24, 2.45) is 0 Å². The number of ether oxygens (including phenoxy) is 2. The summed E-state index contributed by atoms with van der Waals surface area (Å²) in [5, 5.41) is 11.9. The van der Waals surface area contributed by atoms with Crippen LogP contribution in [0.4, 0.5) is 5.69 Å². The van der Waals surface area contributed by atoms with E-state index in [4.69, 9.17) is 14.6 Å². The number of benzene rings is 1. The van der Waals surface area contributed by atoms with Gasteiger partial charge in [0.05, 0.1) is 29.4 Å². The molecule has 0 saturated carbocycles. The highest BCUT2D eigenvalue weighted by molar-refractivity contribution is 7.09. The zero-order valence-electron chi connectivity index (χ0n) is 14.6. The number of hydrogen-bond acceptors (Lipinski definition) is 6. The van der Waals surface area contributed by atoms with E-state index in [2.05, 4.69) is 4.98 Å². The van der Waals surface area contributed by atoms with E-state index in [-0.39, 0.29) is 18.9 Å². The van der Waals surface area contributed by atoms with Gasteiger partial charge in [-0.05, 0) is 25.1 Å². The SMILES string of the molecule is COCCc1nc(-c2ccc3c(c2)N(CCC(=O)O)C(=O)C(C)O3)cs1. The van der Waals surface area contributed by atoms with E-state index in [0.29, 0.717) is 18.0 Å². The predicted molar refractivity (Wildman–Crippen MR) is 97.8 cm³/mol. The van der Waals surface area contributed by atoms with Crippen molar-refractivity contribution in [3.05, 3.63) is 28.6 Å². The smallest absolute Gasteiger partial charge is 0.305 e. The molecule has 0 saturated heterocycles. The Hall–Kier alpha value is -2.45. The molecule has 7 nitrogen and oxygen atoms in total. The Morgan fingerprint density at radius 3 is 3.00 bits per heavy atom. The first-order chi connectivity index (χ1) is 12.5. The zero-order chi connectivity index (χ0) is 18.7. The van der Waals surface area contributed by atoms with Crippen molar-refractivity contribution in [2.75, 3.05) is 25.2 Å². The van der Waals surface area contributed by atoms with E-state index in [1.165, 1.54) is 4.90 Å². The lowest BCUT2D eigenvalue weighted by molar-refractivity contribution is -0.136. The standard InChI is InChI=1S/C18H20N2O5S/c1-11-18(23)20(7-5-17(21)22)14-9-12(3-4-15(14)25-11)13-10-26-16(19-13)6-8-24-2/h3-4,9-11H,5-8H2,1-2H3,(H,21,22). The minimum absolute atomic E-state index is 0.106. The molecule has 0 fully saturated rings. The molecule has 1 unspecified atom stereocenters. The Balaban J connectivity index is 1.90. The van der Waals surface area contributed by atoms with Crippen LogP contribution < -0.4 is 9.64 Å². The van der Waals surface area contributed by atoms with Crippen molar-refractivity contribution in [1.82, 2.24) is 4.98 Å². The van der Waals surface area contributed by atoms with Gasteiger partial charge in [-0.3, -0.25) is 9.59 Å². The number of anilines is 1. The fourth-order valence-electron chi connectivity index (χ4n) is 2.75. The normalized spacial score (nSPS) is 16.3. The quantitative estimate of drug-likeness (QED) is 0.799. The van der Waals surface area contributed by atoms with Gasteiger partial charge in [0.1, 0.15) is 5.75 Å². The van der Waals surface area contributed by atoms with Crippen LogP contribution in [-0.2, 0) is 20.7 Å². The number of carboxylic acids is 1. The van der Waals surface area contributed by atoms with Gasteiger partial charge in [0.2, 0.25) is 0 Å². The number of methoxy groups -OCH3 is 1. The van der Waals surface area contributed by atoms with E-state index in [9.17, 15) is 9.59 Å². The van der Waals surface area contributed by atoms with Gasteiger partial charge in [-0.1, -0.05) is 0 Å². The Kier molecular flexibility index (Phi) is 5.53. The van der Waals surface area contributed by atoms with E-state index in [1.807, 2.05) is 17.5 Å². The van der Waals surface area contributed by atoms with Crippen molar-refractivity contribution >= 4 is 28.9 Å². The molecular formula is C18H20N2O5S. The Bertz CT molecular complexity index is 820. The molecule has 2 aromatic rings. The lowest BCUT2D eigenvalue weighted by Gasteiger charge is -2.33. The van der Waals surface area contributed by atoms with Crippen molar-refractivity contribution in [3.8, 4) is 17.0 Å². The fourth-order valence-corrected chi connectivity index (χ4v) is 3.54. The van der Waals surface area contributed by atoms with Gasteiger partial charge >= 0.3 is 5.97 Å². The summed E-state index contributed by atoms with van der Waals surface area (Å²) >= 11 is 1.56. The molecule has 1 amide bonds. The summed E-state index contributed by atoms with van der Waals surface area (Å²) in [6.07, 6.45) is -0.0160. The monoisotopic (exact) mass is 376 g/mol. The molecule has 1 aromatic carbocycles. The van der Waals surface area contributed by atoms with Crippen molar-refractivity contribution < 1.29 is 24.2 Å². The highest BCUT2D eigenvalue weighted by Crippen LogP contribution is 2.37. The molecule has 26 heavy (non-hydrogen) atoms. The number of carbonyl (C=O) groups excluding carboxylic acids is 1. The molecule has 1 aromatic heterocycles. The van der Waals surface area contributed by atoms with Crippen LogP contribution in [0.25, 0.3) is 11.3 Å². The van der Waals surface area contributed by atoms with Crippen LogP contribution in [0.1, 0.15) is 18.4 Å². The highest BCUT2D eigenvalue weighted by Gasteiger charge is 2.32. The Morgan fingerprint density at radius 2 is 2.27 bits per heavy atom. The van der Waals surface area contributed by atoms with Crippen molar-refractivity contribution in [2.45, 2.75) is 25.9 Å². The van der Waals surface area contributed by atoms with Gasteiger partial charge in [0, 0.05) is 31.0 Å². The number of aliphatic carboxylic acids is 1. The lowest BCUT2D eigenvalue weighted by Crippen LogP contribution is -2.45. The first-order valence-corrected chi connectivity index (χ1v) is 9.15. The number of thiazole rings is 1. The Morgan fingerprint density at radius 1 is 1.46 bits per heavy atom. The first kappa shape index (κ1) is 18.3. The van der Waals surface area contributed by atoms with Crippen LogP contribution >= 0.6 is 11.3 Å². The maximum absolute atomic E-state index is 12.5.